The summed E-state index contributed by atoms with van der Waals surface area (Å²) in [5, 5.41) is 20.9. The van der Waals surface area contributed by atoms with E-state index < -0.39 is 30.3 Å². The number of aromatic nitrogens is 4. The topological polar surface area (TPSA) is 187 Å². The van der Waals surface area contributed by atoms with Gasteiger partial charge in [0.2, 0.25) is 5.91 Å². The van der Waals surface area contributed by atoms with Crippen LogP contribution in [0.1, 0.15) is 96.4 Å². The minimum atomic E-state index is -1.55. The first-order valence-corrected chi connectivity index (χ1v) is 16.8. The molecule has 2 unspecified atom stereocenters. The summed E-state index contributed by atoms with van der Waals surface area (Å²) in [6.45, 7) is 16.2. The van der Waals surface area contributed by atoms with Crippen molar-refractivity contribution in [1.29, 1.82) is 0 Å². The van der Waals surface area contributed by atoms with Gasteiger partial charge >= 0.3 is 17.9 Å². The summed E-state index contributed by atoms with van der Waals surface area (Å²) in [6, 6.07) is 6.38. The second-order valence-corrected chi connectivity index (χ2v) is 13.0. The third kappa shape index (κ3) is 7.54. The molecule has 8 bridgehead atoms. The average Bonchev–Trinajstić information content (AvgIpc) is 3.74. The summed E-state index contributed by atoms with van der Waals surface area (Å²) in [5.74, 6) is -3.85. The number of H-pyrrole nitrogens is 2. The van der Waals surface area contributed by atoms with Gasteiger partial charge in [0.25, 0.3) is 0 Å². The molecule has 266 valence electrons. The number of rotatable bonds is 12. The summed E-state index contributed by atoms with van der Waals surface area (Å²) < 4.78 is 4.95. The number of fused-ring (bicyclic) bond motifs is 8. The smallest absolute Gasteiger partial charge is 0.326 e. The molecule has 0 aliphatic carbocycles. The number of aryl methyl sites for hydroxylation is 3. The molecule has 0 fully saturated rings. The Balaban J connectivity index is 1.76. The molecule has 3 aromatic heterocycles. The van der Waals surface area contributed by atoms with Crippen LogP contribution in [0.25, 0.3) is 39.3 Å². The number of esters is 1. The molecule has 5 heterocycles. The number of methoxy groups -OCH3 is 1. The molecule has 51 heavy (non-hydrogen) atoms. The van der Waals surface area contributed by atoms with E-state index in [4.69, 9.17) is 19.8 Å². The number of nitrogens with one attached hydrogen (secondary N) is 3. The van der Waals surface area contributed by atoms with Crippen molar-refractivity contribution in [2.75, 3.05) is 7.11 Å². The van der Waals surface area contributed by atoms with E-state index in [9.17, 15) is 24.3 Å². The van der Waals surface area contributed by atoms with Crippen molar-refractivity contribution in [2.45, 2.75) is 77.7 Å². The third-order valence-electron chi connectivity index (χ3n) is 9.89. The highest BCUT2D eigenvalue weighted by atomic mass is 16.5. The molecule has 0 saturated heterocycles. The van der Waals surface area contributed by atoms with Crippen LogP contribution in [-0.4, -0.2) is 67.1 Å². The van der Waals surface area contributed by atoms with Crippen LogP contribution in [0.5, 0.6) is 0 Å². The Morgan fingerprint density at radius 1 is 0.902 bits per heavy atom. The molecule has 12 heteroatoms. The van der Waals surface area contributed by atoms with Crippen molar-refractivity contribution < 1.29 is 34.1 Å². The number of aliphatic carboxylic acids is 2. The zero-order valence-electron chi connectivity index (χ0n) is 29.5. The van der Waals surface area contributed by atoms with Crippen LogP contribution in [0.3, 0.4) is 0 Å². The van der Waals surface area contributed by atoms with E-state index in [1.807, 2.05) is 51.1 Å². The molecule has 3 atom stereocenters. The third-order valence-corrected chi connectivity index (χ3v) is 9.89. The highest BCUT2D eigenvalue weighted by molar-refractivity contribution is 5.97. The number of aromatic amines is 2. The maximum atomic E-state index is 12.9. The Morgan fingerprint density at radius 3 is 2.25 bits per heavy atom. The van der Waals surface area contributed by atoms with E-state index in [1.54, 1.807) is 6.08 Å². The van der Waals surface area contributed by atoms with Gasteiger partial charge in [-0.15, -0.1) is 0 Å². The van der Waals surface area contributed by atoms with Gasteiger partial charge in [0, 0.05) is 69.3 Å². The standard InChI is InChI=1S/C39H43N5O7/c1-8-23-19(3)27-14-28-22(6)26(11-13-38(48)51-7)34(42-28)17-33-25(10-12-36(45)44-35(39(49)50)18-37(46)47)21(5)30(43-33)16-32-24(9-2)20(4)29(41-32)15-31(23)40-27/h8-9,14-17,22,26,35,41,43H,1-2,10-13,18H2,3-7H3,(H,44,45)(H,46,47)(H,49,50)/t22?,26?,35-/m0/s1. The number of hydrogen-bond donors (Lipinski definition) is 5. The Kier molecular flexibility index (Phi) is 10.7. The zero-order chi connectivity index (χ0) is 37.1. The van der Waals surface area contributed by atoms with Crippen LogP contribution >= 0.6 is 0 Å². The molecule has 0 aromatic carbocycles. The summed E-state index contributed by atoms with van der Waals surface area (Å²) in [5.41, 5.74) is 11.7. The number of nitrogens with zero attached hydrogens (tertiary/aromatic N) is 2. The largest absolute Gasteiger partial charge is 0.481 e. The zero-order valence-corrected chi connectivity index (χ0v) is 29.5. The van der Waals surface area contributed by atoms with Gasteiger partial charge in [-0.05, 0) is 80.1 Å². The van der Waals surface area contributed by atoms with Gasteiger partial charge in [0.1, 0.15) is 6.04 Å². The lowest BCUT2D eigenvalue weighted by molar-refractivity contribution is -0.147. The van der Waals surface area contributed by atoms with E-state index in [0.717, 1.165) is 72.7 Å². The monoisotopic (exact) mass is 693 g/mol. The predicted molar refractivity (Wildman–Crippen MR) is 196 cm³/mol. The van der Waals surface area contributed by atoms with Gasteiger partial charge in [0.05, 0.1) is 24.9 Å². The lowest BCUT2D eigenvalue weighted by Gasteiger charge is -2.15. The number of carboxylic acid groups (broad SMARTS) is 2. The quantitative estimate of drug-likeness (QED) is 0.132. The van der Waals surface area contributed by atoms with Crippen molar-refractivity contribution in [2.24, 2.45) is 0 Å². The van der Waals surface area contributed by atoms with Crippen molar-refractivity contribution in [3.8, 4) is 0 Å². The maximum Gasteiger partial charge on any atom is 0.326 e. The minimum absolute atomic E-state index is 0.0613. The molecule has 0 radical (unpaired) electrons. The van der Waals surface area contributed by atoms with Crippen LogP contribution in [0, 0.1) is 13.8 Å². The summed E-state index contributed by atoms with van der Waals surface area (Å²) in [4.78, 5) is 65.2. The molecule has 1 amide bonds. The fraction of sp³-hybridized carbons (Fsp3) is 0.333. The number of hydrogen-bond acceptors (Lipinski definition) is 7. The predicted octanol–water partition coefficient (Wildman–Crippen LogP) is 6.51. The first-order valence-electron chi connectivity index (χ1n) is 16.8. The summed E-state index contributed by atoms with van der Waals surface area (Å²) in [7, 11) is 1.36. The first kappa shape index (κ1) is 36.5. The van der Waals surface area contributed by atoms with Crippen molar-refractivity contribution in [3.05, 3.63) is 88.5 Å². The normalized spacial score (nSPS) is 16.0. The van der Waals surface area contributed by atoms with Gasteiger partial charge < -0.3 is 30.2 Å². The van der Waals surface area contributed by atoms with E-state index in [0.29, 0.717) is 11.9 Å². The molecular formula is C39H43N5O7. The van der Waals surface area contributed by atoms with Crippen LogP contribution < -0.4 is 5.32 Å². The molecule has 5 N–H and O–H groups in total. The molecule has 0 spiro atoms. The SMILES string of the molecule is C=CC1=C(C)c2cc3nc(cc4[nH]c(cc5[nH]c(cc1n2)c(C)c5C=C)c(C)c4CCC(=O)N[C@@H](CC(=O)O)C(=O)O)C(CCC(=O)OC)C3C. The number of carboxylic acids is 2. The van der Waals surface area contributed by atoms with Crippen molar-refractivity contribution in [1.82, 2.24) is 25.3 Å². The molecule has 2 aliphatic rings. The average molecular weight is 694 g/mol. The van der Waals surface area contributed by atoms with Gasteiger partial charge in [0.15, 0.2) is 0 Å². The van der Waals surface area contributed by atoms with Gasteiger partial charge in [-0.25, -0.2) is 9.78 Å². The lowest BCUT2D eigenvalue weighted by Crippen LogP contribution is -2.42. The fourth-order valence-electron chi connectivity index (χ4n) is 6.88. The van der Waals surface area contributed by atoms with Gasteiger partial charge in [-0.1, -0.05) is 32.2 Å². The Bertz CT molecular complexity index is 2160. The molecule has 2 aliphatic heterocycles. The first-order chi connectivity index (χ1) is 24.3. The molecule has 0 saturated carbocycles. The number of carbonyl (C=O) groups excluding carboxylic acids is 2. The summed E-state index contributed by atoms with van der Waals surface area (Å²) >= 11 is 0. The molecule has 12 nitrogen and oxygen atoms in total. The minimum Gasteiger partial charge on any atom is -0.481 e. The molecule has 5 rings (SSSR count). The Labute approximate surface area is 295 Å². The van der Waals surface area contributed by atoms with Crippen molar-refractivity contribution >= 4 is 63.1 Å². The van der Waals surface area contributed by atoms with E-state index in [-0.39, 0.29) is 37.1 Å². The van der Waals surface area contributed by atoms with Gasteiger partial charge in [-0.3, -0.25) is 19.4 Å². The molecular weight excluding hydrogens is 650 g/mol. The number of allylic oxidation sites excluding steroid dienone is 3. The van der Waals surface area contributed by atoms with Crippen LogP contribution in [0.15, 0.2) is 43.5 Å². The molecule has 3 aromatic rings. The summed E-state index contributed by atoms with van der Waals surface area (Å²) in [6.07, 6.45) is 3.71. The lowest BCUT2D eigenvalue weighted by atomic mass is 9.87. The van der Waals surface area contributed by atoms with Crippen molar-refractivity contribution in [3.63, 3.8) is 0 Å². The van der Waals surface area contributed by atoms with Crippen LogP contribution in [0.2, 0.25) is 0 Å². The number of amides is 1. The second-order valence-electron chi connectivity index (χ2n) is 13.0. The fourth-order valence-corrected chi connectivity index (χ4v) is 6.88. The van der Waals surface area contributed by atoms with Crippen LogP contribution in [-0.2, 0) is 30.3 Å². The Morgan fingerprint density at radius 2 is 1.61 bits per heavy atom. The number of ether oxygens (including phenoxy) is 1. The van der Waals surface area contributed by atoms with E-state index in [1.165, 1.54) is 7.11 Å². The Hall–Kier alpha value is -5.78. The maximum absolute atomic E-state index is 12.9. The highest BCUT2D eigenvalue weighted by Gasteiger charge is 2.30. The second kappa shape index (κ2) is 15.0. The van der Waals surface area contributed by atoms with E-state index in [2.05, 4.69) is 35.4 Å². The highest BCUT2D eigenvalue weighted by Crippen LogP contribution is 2.41. The number of carbonyl (C=O) groups is 4. The van der Waals surface area contributed by atoms with Crippen LogP contribution in [0.4, 0.5) is 0 Å². The van der Waals surface area contributed by atoms with E-state index >= 15 is 0 Å². The van der Waals surface area contributed by atoms with Gasteiger partial charge in [-0.2, -0.15) is 0 Å².